The number of piperazine rings is 1. The number of hydrogen-bond donors (Lipinski definition) is 2. The van der Waals surface area contributed by atoms with Gasteiger partial charge in [0.1, 0.15) is 4.21 Å². The molecule has 0 unspecified atom stereocenters. The van der Waals surface area contributed by atoms with E-state index in [1.54, 1.807) is 41.8 Å². The number of carbonyl (C=O) groups excluding carboxylic acids is 1. The monoisotopic (exact) mass is 405 g/mol. The number of quaternary nitrogens is 1. The molecule has 0 aliphatic carbocycles. The molecule has 3 rings (SSSR count). The van der Waals surface area contributed by atoms with E-state index in [4.69, 9.17) is 5.26 Å². The zero-order chi connectivity index (χ0) is 19.4. The number of nitriles is 1. The van der Waals surface area contributed by atoms with Gasteiger partial charge in [0.25, 0.3) is 15.9 Å². The minimum atomic E-state index is -3.43. The van der Waals surface area contributed by atoms with Crippen LogP contribution in [0.25, 0.3) is 0 Å². The van der Waals surface area contributed by atoms with Gasteiger partial charge < -0.3 is 10.2 Å². The van der Waals surface area contributed by atoms with Gasteiger partial charge in [-0.05, 0) is 42.6 Å². The van der Waals surface area contributed by atoms with Gasteiger partial charge in [-0.3, -0.25) is 4.79 Å². The summed E-state index contributed by atoms with van der Waals surface area (Å²) in [5.41, 5.74) is 1.18. The van der Waals surface area contributed by atoms with Crippen LogP contribution in [0.1, 0.15) is 12.5 Å². The number of sulfonamides is 1. The highest BCUT2D eigenvalue weighted by Gasteiger charge is 2.34. The topological polar surface area (TPSA) is 94.7 Å². The molecule has 2 aromatic rings. The molecular formula is C18H21N4O3S2+. The van der Waals surface area contributed by atoms with Crippen LogP contribution in [0.2, 0.25) is 0 Å². The summed E-state index contributed by atoms with van der Waals surface area (Å²) in [5, 5.41) is 13.4. The van der Waals surface area contributed by atoms with E-state index in [2.05, 4.69) is 5.32 Å². The summed E-state index contributed by atoms with van der Waals surface area (Å²) in [5.74, 6) is -0.121. The third-order valence-corrected chi connectivity index (χ3v) is 8.01. The van der Waals surface area contributed by atoms with Crippen molar-refractivity contribution in [2.75, 3.05) is 31.5 Å². The molecule has 1 aliphatic heterocycles. The van der Waals surface area contributed by atoms with E-state index in [9.17, 15) is 13.2 Å². The number of rotatable bonds is 5. The first-order valence-electron chi connectivity index (χ1n) is 8.61. The van der Waals surface area contributed by atoms with Crippen molar-refractivity contribution in [3.8, 4) is 6.07 Å². The molecule has 1 saturated heterocycles. The third-order valence-electron chi connectivity index (χ3n) is 4.74. The first-order valence-corrected chi connectivity index (χ1v) is 10.9. The van der Waals surface area contributed by atoms with Crippen molar-refractivity contribution < 1.29 is 18.1 Å². The normalized spacial score (nSPS) is 17.2. The van der Waals surface area contributed by atoms with Gasteiger partial charge in [0, 0.05) is 5.69 Å². The number of nitrogens with one attached hydrogen (secondary N) is 2. The molecule has 9 heteroatoms. The summed E-state index contributed by atoms with van der Waals surface area (Å²) in [6.45, 7) is 3.78. The lowest BCUT2D eigenvalue weighted by Gasteiger charge is -2.33. The average Bonchev–Trinajstić information content (AvgIpc) is 3.24. The largest absolute Gasteiger partial charge is 0.323 e. The van der Waals surface area contributed by atoms with Gasteiger partial charge in [-0.1, -0.05) is 6.07 Å². The quantitative estimate of drug-likeness (QED) is 0.759. The Labute approximate surface area is 162 Å². The van der Waals surface area contributed by atoms with Crippen LogP contribution in [0, 0.1) is 11.3 Å². The minimum Gasteiger partial charge on any atom is -0.323 e. The molecule has 7 nitrogen and oxygen atoms in total. The van der Waals surface area contributed by atoms with Gasteiger partial charge in [-0.15, -0.1) is 11.3 Å². The Hall–Kier alpha value is -2.25. The number of nitrogens with zero attached hydrogens (tertiary/aromatic N) is 2. The van der Waals surface area contributed by atoms with Crippen molar-refractivity contribution in [2.45, 2.75) is 17.2 Å². The van der Waals surface area contributed by atoms with Crippen molar-refractivity contribution in [3.05, 3.63) is 47.3 Å². The predicted octanol–water partition coefficient (Wildman–Crippen LogP) is 0.536. The highest BCUT2D eigenvalue weighted by atomic mass is 32.2. The van der Waals surface area contributed by atoms with Crippen molar-refractivity contribution >= 4 is 33.0 Å². The second-order valence-corrected chi connectivity index (χ2v) is 9.51. The van der Waals surface area contributed by atoms with Gasteiger partial charge in [0.15, 0.2) is 6.04 Å². The lowest BCUT2D eigenvalue weighted by Crippen LogP contribution is -3.19. The first kappa shape index (κ1) is 19.5. The standard InChI is InChI=1S/C18H20N4O3S2/c1-14(18(23)20-16-6-4-15(13-19)5-7-16)21-8-10-22(11-9-21)27(24,25)17-3-2-12-26-17/h2-7,12,14H,8-11H2,1H3,(H,20,23)/p+1/t14-/m1/s1. The van der Waals surface area contributed by atoms with Crippen LogP contribution in [0.5, 0.6) is 0 Å². The lowest BCUT2D eigenvalue weighted by molar-refractivity contribution is -0.917. The van der Waals surface area contributed by atoms with Crippen molar-refractivity contribution in [3.63, 3.8) is 0 Å². The third kappa shape index (κ3) is 4.36. The second kappa shape index (κ2) is 8.19. The van der Waals surface area contributed by atoms with E-state index >= 15 is 0 Å². The highest BCUT2D eigenvalue weighted by Crippen LogP contribution is 2.20. The summed E-state index contributed by atoms with van der Waals surface area (Å²) in [6, 6.07) is 11.8. The molecule has 0 spiro atoms. The Kier molecular flexibility index (Phi) is 5.92. The number of amides is 1. The van der Waals surface area contributed by atoms with E-state index in [0.717, 1.165) is 4.90 Å². The summed E-state index contributed by atoms with van der Waals surface area (Å²) in [4.78, 5) is 13.6. The fraction of sp³-hybridized carbons (Fsp3) is 0.333. The number of anilines is 1. The summed E-state index contributed by atoms with van der Waals surface area (Å²) in [7, 11) is -3.43. The van der Waals surface area contributed by atoms with Gasteiger partial charge >= 0.3 is 0 Å². The van der Waals surface area contributed by atoms with Crippen LogP contribution in [-0.4, -0.2) is 50.9 Å². The summed E-state index contributed by atoms with van der Waals surface area (Å²) < 4.78 is 27.0. The highest BCUT2D eigenvalue weighted by molar-refractivity contribution is 7.91. The maximum atomic E-state index is 12.6. The van der Waals surface area contributed by atoms with Crippen molar-refractivity contribution in [1.82, 2.24) is 4.31 Å². The van der Waals surface area contributed by atoms with E-state index in [0.29, 0.717) is 41.6 Å². The molecule has 1 aromatic heterocycles. The van der Waals surface area contributed by atoms with Gasteiger partial charge in [-0.25, -0.2) is 8.42 Å². The van der Waals surface area contributed by atoms with Gasteiger partial charge in [-0.2, -0.15) is 9.57 Å². The number of carbonyl (C=O) groups is 1. The van der Waals surface area contributed by atoms with Crippen LogP contribution in [0.3, 0.4) is 0 Å². The zero-order valence-corrected chi connectivity index (χ0v) is 16.5. The SMILES string of the molecule is C[C@H](C(=O)Nc1ccc(C#N)cc1)[NH+]1CCN(S(=O)(=O)c2cccs2)CC1. The van der Waals surface area contributed by atoms with Crippen LogP contribution >= 0.6 is 11.3 Å². The Balaban J connectivity index is 1.57. The first-order chi connectivity index (χ1) is 12.9. The molecule has 2 heterocycles. The van der Waals surface area contributed by atoms with Gasteiger partial charge in [0.2, 0.25) is 0 Å². The smallest absolute Gasteiger partial charge is 0.282 e. The Morgan fingerprint density at radius 2 is 1.93 bits per heavy atom. The number of benzene rings is 1. The molecule has 0 saturated carbocycles. The summed E-state index contributed by atoms with van der Waals surface area (Å²) in [6.07, 6.45) is 0. The molecule has 27 heavy (non-hydrogen) atoms. The Morgan fingerprint density at radius 1 is 1.26 bits per heavy atom. The van der Waals surface area contributed by atoms with Crippen LogP contribution in [-0.2, 0) is 14.8 Å². The molecular weight excluding hydrogens is 384 g/mol. The van der Waals surface area contributed by atoms with E-state index in [1.807, 2.05) is 13.0 Å². The molecule has 1 amide bonds. The fourth-order valence-corrected chi connectivity index (χ4v) is 5.63. The molecule has 1 fully saturated rings. The average molecular weight is 406 g/mol. The minimum absolute atomic E-state index is 0.121. The zero-order valence-electron chi connectivity index (χ0n) is 14.9. The Bertz CT molecular complexity index is 926. The molecule has 1 atom stereocenters. The van der Waals surface area contributed by atoms with Crippen molar-refractivity contribution in [2.24, 2.45) is 0 Å². The molecule has 2 N–H and O–H groups in total. The second-order valence-electron chi connectivity index (χ2n) is 6.39. The maximum Gasteiger partial charge on any atom is 0.282 e. The molecule has 1 aromatic carbocycles. The number of thiophene rings is 1. The molecule has 0 bridgehead atoms. The fourth-order valence-electron chi connectivity index (χ4n) is 3.05. The predicted molar refractivity (Wildman–Crippen MR) is 103 cm³/mol. The van der Waals surface area contributed by atoms with E-state index in [1.165, 1.54) is 15.6 Å². The number of hydrogen-bond acceptors (Lipinski definition) is 5. The lowest BCUT2D eigenvalue weighted by atomic mass is 10.2. The summed E-state index contributed by atoms with van der Waals surface area (Å²) >= 11 is 1.22. The van der Waals surface area contributed by atoms with Crippen LogP contribution in [0.4, 0.5) is 5.69 Å². The van der Waals surface area contributed by atoms with Gasteiger partial charge in [0.05, 0.1) is 37.8 Å². The molecule has 0 radical (unpaired) electrons. The maximum absolute atomic E-state index is 12.6. The molecule has 1 aliphatic rings. The van der Waals surface area contributed by atoms with Crippen molar-refractivity contribution in [1.29, 1.82) is 5.26 Å². The Morgan fingerprint density at radius 3 is 2.48 bits per heavy atom. The van der Waals surface area contributed by atoms with E-state index < -0.39 is 10.0 Å². The van der Waals surface area contributed by atoms with E-state index in [-0.39, 0.29) is 11.9 Å². The molecule has 142 valence electrons. The van der Waals surface area contributed by atoms with Crippen LogP contribution < -0.4 is 10.2 Å². The van der Waals surface area contributed by atoms with Crippen LogP contribution in [0.15, 0.2) is 46.0 Å².